The number of halogens is 1. The van der Waals surface area contributed by atoms with Crippen LogP contribution in [0.2, 0.25) is 0 Å². The van der Waals surface area contributed by atoms with Crippen molar-refractivity contribution in [3.63, 3.8) is 0 Å². The number of nitrogens with one attached hydrogen (secondary N) is 2. The molecule has 0 fully saturated rings. The van der Waals surface area contributed by atoms with Crippen LogP contribution in [0.25, 0.3) is 11.3 Å². The van der Waals surface area contributed by atoms with Crippen molar-refractivity contribution in [2.24, 2.45) is 7.05 Å². The smallest absolute Gasteiger partial charge is 0.123 e. The number of aromatic amines is 1. The van der Waals surface area contributed by atoms with Crippen molar-refractivity contribution in [1.29, 1.82) is 0 Å². The summed E-state index contributed by atoms with van der Waals surface area (Å²) in [5.74, 6) is -0.243. The van der Waals surface area contributed by atoms with E-state index in [1.807, 2.05) is 25.5 Å². The van der Waals surface area contributed by atoms with Crippen LogP contribution in [0, 0.1) is 5.82 Å². The van der Waals surface area contributed by atoms with Gasteiger partial charge in [0.05, 0.1) is 11.9 Å². The first-order valence-corrected chi connectivity index (χ1v) is 6.69. The summed E-state index contributed by atoms with van der Waals surface area (Å²) in [6, 6.07) is 8.27. The Labute approximate surface area is 121 Å². The van der Waals surface area contributed by atoms with Crippen molar-refractivity contribution in [2.45, 2.75) is 13.1 Å². The average molecular weight is 285 g/mol. The van der Waals surface area contributed by atoms with Crippen LogP contribution in [-0.4, -0.2) is 20.0 Å². The van der Waals surface area contributed by atoms with Gasteiger partial charge in [-0.25, -0.2) is 4.39 Å². The van der Waals surface area contributed by atoms with E-state index in [9.17, 15) is 4.39 Å². The number of benzene rings is 1. The van der Waals surface area contributed by atoms with Crippen LogP contribution in [0.5, 0.6) is 0 Å². The summed E-state index contributed by atoms with van der Waals surface area (Å²) in [5, 5.41) is 14.7. The molecule has 0 saturated carbocycles. The highest BCUT2D eigenvalue weighted by molar-refractivity contribution is 5.58. The van der Waals surface area contributed by atoms with Crippen molar-refractivity contribution in [3.8, 4) is 11.3 Å². The first kappa shape index (κ1) is 13.5. The summed E-state index contributed by atoms with van der Waals surface area (Å²) in [6.07, 6.45) is 3.81. The summed E-state index contributed by atoms with van der Waals surface area (Å²) >= 11 is 0. The zero-order valence-corrected chi connectivity index (χ0v) is 11.7. The summed E-state index contributed by atoms with van der Waals surface area (Å²) < 4.78 is 14.7. The molecule has 0 aliphatic rings. The van der Waals surface area contributed by atoms with E-state index in [4.69, 9.17) is 0 Å². The molecule has 2 N–H and O–H groups in total. The maximum atomic E-state index is 12.9. The third-order valence-corrected chi connectivity index (χ3v) is 3.17. The molecule has 2 heterocycles. The Morgan fingerprint density at radius 1 is 1.24 bits per heavy atom. The van der Waals surface area contributed by atoms with E-state index in [-0.39, 0.29) is 5.82 Å². The summed E-state index contributed by atoms with van der Waals surface area (Å²) in [4.78, 5) is 0. The molecule has 0 unspecified atom stereocenters. The third-order valence-electron chi connectivity index (χ3n) is 3.17. The fourth-order valence-corrected chi connectivity index (χ4v) is 2.13. The van der Waals surface area contributed by atoms with E-state index in [0.29, 0.717) is 6.54 Å². The van der Waals surface area contributed by atoms with Crippen LogP contribution < -0.4 is 5.32 Å². The second-order valence-corrected chi connectivity index (χ2v) is 4.91. The van der Waals surface area contributed by atoms with Crippen molar-refractivity contribution in [2.75, 3.05) is 0 Å². The number of rotatable bonds is 5. The monoisotopic (exact) mass is 285 g/mol. The largest absolute Gasteiger partial charge is 0.307 e. The van der Waals surface area contributed by atoms with Crippen LogP contribution in [0.3, 0.4) is 0 Å². The SMILES string of the molecule is Cn1cc(CNCc2cc(-c3ccc(F)cc3)n[nH]2)cn1. The fourth-order valence-electron chi connectivity index (χ4n) is 2.13. The molecule has 0 atom stereocenters. The highest BCUT2D eigenvalue weighted by Crippen LogP contribution is 2.17. The van der Waals surface area contributed by atoms with E-state index in [1.54, 1.807) is 16.8 Å². The van der Waals surface area contributed by atoms with Crippen LogP contribution >= 0.6 is 0 Å². The van der Waals surface area contributed by atoms with Gasteiger partial charge >= 0.3 is 0 Å². The number of hydrogen-bond acceptors (Lipinski definition) is 3. The van der Waals surface area contributed by atoms with Gasteiger partial charge in [-0.15, -0.1) is 0 Å². The lowest BCUT2D eigenvalue weighted by molar-refractivity contribution is 0.628. The van der Waals surface area contributed by atoms with Crippen molar-refractivity contribution in [1.82, 2.24) is 25.3 Å². The van der Waals surface area contributed by atoms with Crippen LogP contribution in [0.4, 0.5) is 4.39 Å². The minimum Gasteiger partial charge on any atom is -0.307 e. The third kappa shape index (κ3) is 3.35. The fraction of sp³-hybridized carbons (Fsp3) is 0.200. The van der Waals surface area contributed by atoms with Crippen molar-refractivity contribution in [3.05, 3.63) is 59.8 Å². The van der Waals surface area contributed by atoms with Gasteiger partial charge in [-0.2, -0.15) is 10.2 Å². The molecule has 2 aromatic heterocycles. The van der Waals surface area contributed by atoms with Crippen molar-refractivity contribution >= 4 is 0 Å². The second kappa shape index (κ2) is 5.88. The maximum absolute atomic E-state index is 12.9. The van der Waals surface area contributed by atoms with Gasteiger partial charge in [0.2, 0.25) is 0 Å². The van der Waals surface area contributed by atoms with Crippen LogP contribution in [0.15, 0.2) is 42.7 Å². The summed E-state index contributed by atoms with van der Waals surface area (Å²) in [5.41, 5.74) is 3.83. The number of aryl methyl sites for hydroxylation is 1. The molecule has 0 spiro atoms. The number of aromatic nitrogens is 4. The first-order valence-electron chi connectivity index (χ1n) is 6.69. The van der Waals surface area contributed by atoms with Gasteiger partial charge in [0.1, 0.15) is 5.82 Å². The number of hydrogen-bond donors (Lipinski definition) is 2. The lowest BCUT2D eigenvalue weighted by Crippen LogP contribution is -2.12. The van der Waals surface area contributed by atoms with E-state index in [2.05, 4.69) is 20.6 Å². The Kier molecular flexibility index (Phi) is 3.79. The normalized spacial score (nSPS) is 11.0. The van der Waals surface area contributed by atoms with E-state index in [1.165, 1.54) is 12.1 Å². The molecular weight excluding hydrogens is 269 g/mol. The Bertz CT molecular complexity index is 714. The van der Waals surface area contributed by atoms with Gasteiger partial charge in [-0.1, -0.05) is 0 Å². The van der Waals surface area contributed by atoms with Crippen LogP contribution in [-0.2, 0) is 20.1 Å². The zero-order chi connectivity index (χ0) is 14.7. The Balaban J connectivity index is 1.59. The quantitative estimate of drug-likeness (QED) is 0.756. The first-order chi connectivity index (χ1) is 10.2. The predicted molar refractivity (Wildman–Crippen MR) is 77.7 cm³/mol. The van der Waals surface area contributed by atoms with Crippen LogP contribution in [0.1, 0.15) is 11.3 Å². The summed E-state index contributed by atoms with van der Waals surface area (Å²) in [7, 11) is 1.90. The molecule has 1 aromatic carbocycles. The molecule has 0 aliphatic heterocycles. The minimum atomic E-state index is -0.243. The lowest BCUT2D eigenvalue weighted by Gasteiger charge is -1.99. The maximum Gasteiger partial charge on any atom is 0.123 e. The second-order valence-electron chi connectivity index (χ2n) is 4.91. The van der Waals surface area contributed by atoms with Gasteiger partial charge < -0.3 is 5.32 Å². The zero-order valence-electron chi connectivity index (χ0n) is 11.7. The van der Waals surface area contributed by atoms with E-state index >= 15 is 0 Å². The van der Waals surface area contributed by atoms with Crippen molar-refractivity contribution < 1.29 is 4.39 Å². The molecule has 0 radical (unpaired) electrons. The van der Waals surface area contributed by atoms with E-state index < -0.39 is 0 Å². The molecule has 108 valence electrons. The highest BCUT2D eigenvalue weighted by Gasteiger charge is 2.04. The molecular formula is C15H16FN5. The Hall–Kier alpha value is -2.47. The lowest BCUT2D eigenvalue weighted by atomic mass is 10.1. The molecule has 0 saturated heterocycles. The van der Waals surface area contributed by atoms with Gasteiger partial charge in [0, 0.05) is 43.2 Å². The molecule has 3 rings (SSSR count). The molecule has 21 heavy (non-hydrogen) atoms. The molecule has 5 nitrogen and oxygen atoms in total. The topological polar surface area (TPSA) is 58.5 Å². The van der Waals surface area contributed by atoms with Gasteiger partial charge in [-0.3, -0.25) is 9.78 Å². The van der Waals surface area contributed by atoms with Gasteiger partial charge in [-0.05, 0) is 30.3 Å². The standard InChI is InChI=1S/C15H16FN5/c1-21-10-11(8-18-21)7-17-9-14-6-15(20-19-14)12-2-4-13(16)5-3-12/h2-6,8,10,17H,7,9H2,1H3,(H,19,20). The molecule has 0 bridgehead atoms. The Morgan fingerprint density at radius 3 is 2.76 bits per heavy atom. The molecule has 3 aromatic rings. The predicted octanol–water partition coefficient (Wildman–Crippen LogP) is 2.24. The minimum absolute atomic E-state index is 0.243. The van der Waals surface area contributed by atoms with Gasteiger partial charge in [0.25, 0.3) is 0 Å². The highest BCUT2D eigenvalue weighted by atomic mass is 19.1. The molecule has 6 heteroatoms. The number of nitrogens with zero attached hydrogens (tertiary/aromatic N) is 3. The molecule has 0 amide bonds. The van der Waals surface area contributed by atoms with E-state index in [0.717, 1.165) is 29.1 Å². The van der Waals surface area contributed by atoms with Gasteiger partial charge in [0.15, 0.2) is 0 Å². The average Bonchev–Trinajstić information content (AvgIpc) is 3.09. The number of H-pyrrole nitrogens is 1. The summed E-state index contributed by atoms with van der Waals surface area (Å²) in [6.45, 7) is 1.43. The molecule has 0 aliphatic carbocycles. The Morgan fingerprint density at radius 2 is 2.05 bits per heavy atom.